The number of aliphatic hydroxyl groups is 2. The van der Waals surface area contributed by atoms with Gasteiger partial charge in [-0.05, 0) is 74.9 Å². The first-order valence-corrected chi connectivity index (χ1v) is 11.9. The summed E-state index contributed by atoms with van der Waals surface area (Å²) in [5.74, 6) is 6.76. The Morgan fingerprint density at radius 2 is 1.87 bits per heavy atom. The average molecular weight is 413 g/mol. The molecule has 3 fully saturated rings. The molecule has 0 aromatic heterocycles. The monoisotopic (exact) mass is 412 g/mol. The first-order valence-electron chi connectivity index (χ1n) is 11.9. The lowest BCUT2D eigenvalue weighted by Gasteiger charge is -2.61. The van der Waals surface area contributed by atoms with Crippen molar-refractivity contribution in [3.05, 3.63) is 23.8 Å². The van der Waals surface area contributed by atoms with Crippen LogP contribution in [0, 0.1) is 40.9 Å². The van der Waals surface area contributed by atoms with Gasteiger partial charge in [0.2, 0.25) is 0 Å². The van der Waals surface area contributed by atoms with Crippen LogP contribution in [0.2, 0.25) is 0 Å². The highest BCUT2D eigenvalue weighted by molar-refractivity contribution is 5.37. The Morgan fingerprint density at radius 1 is 1.10 bits per heavy atom. The zero-order chi connectivity index (χ0) is 21.2. The predicted molar refractivity (Wildman–Crippen MR) is 115 cm³/mol. The third kappa shape index (κ3) is 2.62. The van der Waals surface area contributed by atoms with Gasteiger partial charge in [0, 0.05) is 17.8 Å². The van der Waals surface area contributed by atoms with Crippen LogP contribution in [0.25, 0.3) is 0 Å². The second kappa shape index (κ2) is 6.94. The molecule has 0 aromatic carbocycles. The minimum Gasteiger partial charge on any atom is -0.390 e. The van der Waals surface area contributed by atoms with Crippen LogP contribution in [0.15, 0.2) is 23.8 Å². The zero-order valence-electron chi connectivity index (χ0n) is 18.6. The van der Waals surface area contributed by atoms with Crippen LogP contribution in [0.4, 0.5) is 0 Å². The fourth-order valence-corrected chi connectivity index (χ4v) is 8.07. The number of allylic oxidation sites excluding steroid dienone is 3. The number of hydrogen-bond donors (Lipinski definition) is 2. The minimum absolute atomic E-state index is 0.180. The molecule has 0 radical (unpaired) electrons. The summed E-state index contributed by atoms with van der Waals surface area (Å²) in [6, 6.07) is 0. The Morgan fingerprint density at radius 3 is 2.53 bits per heavy atom. The van der Waals surface area contributed by atoms with E-state index in [1.807, 2.05) is 6.92 Å². The zero-order valence-corrected chi connectivity index (χ0v) is 18.6. The van der Waals surface area contributed by atoms with Crippen molar-refractivity contribution in [1.82, 2.24) is 0 Å². The molecule has 2 N–H and O–H groups in total. The molecule has 5 aliphatic rings. The van der Waals surface area contributed by atoms with Gasteiger partial charge in [-0.2, -0.15) is 0 Å². The van der Waals surface area contributed by atoms with E-state index in [1.54, 1.807) is 0 Å². The number of rotatable bonds is 2. The molecule has 2 saturated carbocycles. The van der Waals surface area contributed by atoms with Crippen LogP contribution in [-0.2, 0) is 9.47 Å². The van der Waals surface area contributed by atoms with Crippen molar-refractivity contribution in [2.45, 2.75) is 82.7 Å². The van der Waals surface area contributed by atoms with Gasteiger partial charge in [0.1, 0.15) is 5.60 Å². The molecule has 1 aliphatic heterocycles. The van der Waals surface area contributed by atoms with E-state index in [9.17, 15) is 10.2 Å². The Balaban J connectivity index is 1.60. The highest BCUT2D eigenvalue weighted by Gasteiger charge is 2.68. The summed E-state index contributed by atoms with van der Waals surface area (Å²) in [6.45, 7) is 7.40. The number of ether oxygens (including phenoxy) is 2. The van der Waals surface area contributed by atoms with Gasteiger partial charge < -0.3 is 19.7 Å². The molecule has 30 heavy (non-hydrogen) atoms. The summed E-state index contributed by atoms with van der Waals surface area (Å²) in [6.07, 6.45) is 12.5. The third-order valence-corrected chi connectivity index (χ3v) is 9.39. The van der Waals surface area contributed by atoms with Crippen LogP contribution in [-0.4, -0.2) is 40.4 Å². The first kappa shape index (κ1) is 20.8. The Kier molecular flexibility index (Phi) is 4.80. The molecule has 1 spiro atoms. The van der Waals surface area contributed by atoms with E-state index in [-0.39, 0.29) is 17.3 Å². The van der Waals surface area contributed by atoms with Crippen LogP contribution >= 0.6 is 0 Å². The van der Waals surface area contributed by atoms with Crippen molar-refractivity contribution in [2.75, 3.05) is 13.2 Å². The van der Waals surface area contributed by atoms with Gasteiger partial charge in [0.05, 0.1) is 18.8 Å². The van der Waals surface area contributed by atoms with Gasteiger partial charge in [-0.1, -0.05) is 31.9 Å². The molecule has 5 unspecified atom stereocenters. The maximum atomic E-state index is 12.1. The van der Waals surface area contributed by atoms with Crippen LogP contribution < -0.4 is 0 Å². The maximum Gasteiger partial charge on any atom is 0.188 e. The van der Waals surface area contributed by atoms with Crippen molar-refractivity contribution >= 4 is 0 Å². The number of hydrogen-bond acceptors (Lipinski definition) is 4. The molecule has 1 saturated heterocycles. The quantitative estimate of drug-likeness (QED) is 0.674. The molecule has 5 rings (SSSR count). The van der Waals surface area contributed by atoms with Crippen molar-refractivity contribution in [3.8, 4) is 11.8 Å². The fraction of sp³-hybridized carbons (Fsp3) is 0.769. The summed E-state index contributed by atoms with van der Waals surface area (Å²) in [7, 11) is 0. The first-order chi connectivity index (χ1) is 14.4. The van der Waals surface area contributed by atoms with Crippen LogP contribution in [0.1, 0.15) is 65.7 Å². The van der Waals surface area contributed by atoms with E-state index < -0.39 is 17.0 Å². The summed E-state index contributed by atoms with van der Waals surface area (Å²) in [4.78, 5) is 0. The topological polar surface area (TPSA) is 58.9 Å². The van der Waals surface area contributed by atoms with Crippen LogP contribution in [0.5, 0.6) is 0 Å². The summed E-state index contributed by atoms with van der Waals surface area (Å²) >= 11 is 0. The normalized spacial score (nSPS) is 48.4. The Labute approximate surface area is 180 Å². The van der Waals surface area contributed by atoms with E-state index >= 15 is 0 Å². The molecule has 4 heteroatoms. The third-order valence-electron chi connectivity index (χ3n) is 9.39. The van der Waals surface area contributed by atoms with E-state index in [0.717, 1.165) is 25.7 Å². The second-order valence-corrected chi connectivity index (χ2v) is 10.3. The van der Waals surface area contributed by atoms with Gasteiger partial charge in [0.15, 0.2) is 5.79 Å². The lowest BCUT2D eigenvalue weighted by molar-refractivity contribution is -0.191. The van der Waals surface area contributed by atoms with Gasteiger partial charge >= 0.3 is 0 Å². The van der Waals surface area contributed by atoms with Gasteiger partial charge in [-0.25, -0.2) is 0 Å². The average Bonchev–Trinajstić information content (AvgIpc) is 3.30. The molecule has 4 aliphatic carbocycles. The molecule has 4 nitrogen and oxygen atoms in total. The van der Waals surface area contributed by atoms with E-state index in [1.165, 1.54) is 5.57 Å². The lowest BCUT2D eigenvalue weighted by atomic mass is 9.46. The Bertz CT molecular complexity index is 828. The highest BCUT2D eigenvalue weighted by Crippen LogP contribution is 2.68. The van der Waals surface area contributed by atoms with Gasteiger partial charge in [-0.3, -0.25) is 0 Å². The molecule has 0 aromatic rings. The summed E-state index contributed by atoms with van der Waals surface area (Å²) < 4.78 is 11.9. The van der Waals surface area contributed by atoms with Gasteiger partial charge in [-0.15, -0.1) is 5.92 Å². The smallest absolute Gasteiger partial charge is 0.188 e. The summed E-state index contributed by atoms with van der Waals surface area (Å²) in [5, 5.41) is 23.8. The van der Waals surface area contributed by atoms with E-state index in [0.29, 0.717) is 44.3 Å². The predicted octanol–water partition coefficient (Wildman–Crippen LogP) is 3.97. The summed E-state index contributed by atoms with van der Waals surface area (Å²) in [5.41, 5.74) is -0.883. The van der Waals surface area contributed by atoms with Crippen molar-refractivity contribution in [2.24, 2.45) is 29.1 Å². The van der Waals surface area contributed by atoms with Crippen molar-refractivity contribution in [1.29, 1.82) is 0 Å². The van der Waals surface area contributed by atoms with Gasteiger partial charge in [0.25, 0.3) is 0 Å². The van der Waals surface area contributed by atoms with E-state index in [2.05, 4.69) is 43.9 Å². The molecule has 0 bridgehead atoms. The lowest BCUT2D eigenvalue weighted by Crippen LogP contribution is -2.62. The van der Waals surface area contributed by atoms with Crippen molar-refractivity contribution < 1.29 is 19.7 Å². The highest BCUT2D eigenvalue weighted by atomic mass is 16.7. The molecule has 164 valence electrons. The molecule has 1 heterocycles. The molecular weight excluding hydrogens is 376 g/mol. The number of fused-ring (bicyclic) bond motifs is 5. The molecule has 7 atom stereocenters. The van der Waals surface area contributed by atoms with E-state index in [4.69, 9.17) is 9.47 Å². The van der Waals surface area contributed by atoms with Crippen molar-refractivity contribution in [3.63, 3.8) is 0 Å². The SMILES string of the molecule is CC#C[C@]1(O)CCC2C3C=CC4=CC5(CCC4C3C(O)(CC)C[C@@]21CC)OCCO5. The molecule has 0 amide bonds. The second-order valence-electron chi connectivity index (χ2n) is 10.3. The maximum absolute atomic E-state index is 12.1. The fourth-order valence-electron chi connectivity index (χ4n) is 8.07. The van der Waals surface area contributed by atoms with Crippen LogP contribution in [0.3, 0.4) is 0 Å². The Hall–Kier alpha value is -1.12. The largest absolute Gasteiger partial charge is 0.390 e. The molecular formula is C26H36O4. The standard InChI is InChI=1S/C26H36O4/c1-4-11-25(28)12-10-21-20-8-7-18-16-26(29-14-15-30-26)13-9-19(18)22(20)24(27,6-3)17-23(21,25)5-2/h7-8,16,19-22,27-28H,5-6,9-10,12-15,17H2,1-3H3/t19?,20?,21?,22?,23-,24?,25-/m0/s1. The minimum atomic E-state index is -0.999.